The summed E-state index contributed by atoms with van der Waals surface area (Å²) in [7, 11) is 0. The van der Waals surface area contributed by atoms with Crippen molar-refractivity contribution >= 4 is 40.4 Å². The summed E-state index contributed by atoms with van der Waals surface area (Å²) < 4.78 is 0.923. The molecule has 0 radical (unpaired) electrons. The Hall–Kier alpha value is -0.780. The lowest BCUT2D eigenvalue weighted by Gasteiger charge is -2.01. The first-order valence-electron chi connectivity index (χ1n) is 3.74. The molecule has 2 aromatic rings. The van der Waals surface area contributed by atoms with E-state index >= 15 is 0 Å². The average Bonchev–Trinajstić information content (AvgIpc) is 2.62. The van der Waals surface area contributed by atoms with E-state index in [2.05, 4.69) is 9.97 Å². The van der Waals surface area contributed by atoms with Gasteiger partial charge in [-0.15, -0.1) is 11.3 Å². The van der Waals surface area contributed by atoms with Gasteiger partial charge in [0.15, 0.2) is 4.34 Å². The van der Waals surface area contributed by atoms with Crippen molar-refractivity contribution < 1.29 is 0 Å². The van der Waals surface area contributed by atoms with Crippen LogP contribution in [0.5, 0.6) is 0 Å². The zero-order valence-corrected chi connectivity index (χ0v) is 9.36. The summed E-state index contributed by atoms with van der Waals surface area (Å²) in [6.45, 7) is 0. The van der Waals surface area contributed by atoms with Crippen LogP contribution in [-0.2, 0) is 0 Å². The fourth-order valence-electron chi connectivity index (χ4n) is 0.871. The van der Waals surface area contributed by atoms with Gasteiger partial charge in [-0.2, -0.15) is 0 Å². The van der Waals surface area contributed by atoms with Crippen LogP contribution in [0.4, 0.5) is 5.69 Å². The maximum absolute atomic E-state index is 5.75. The second-order valence-corrected chi connectivity index (χ2v) is 5.01. The van der Waals surface area contributed by atoms with Crippen LogP contribution in [0, 0.1) is 0 Å². The molecule has 3 nitrogen and oxygen atoms in total. The number of halogens is 1. The Morgan fingerprint density at radius 1 is 1.43 bits per heavy atom. The molecule has 0 saturated heterocycles. The summed E-state index contributed by atoms with van der Waals surface area (Å²) >= 11 is 8.73. The third-order valence-corrected chi connectivity index (χ3v) is 3.56. The van der Waals surface area contributed by atoms with Gasteiger partial charge in [0.25, 0.3) is 0 Å². The van der Waals surface area contributed by atoms with Gasteiger partial charge < -0.3 is 5.73 Å². The van der Waals surface area contributed by atoms with Crippen molar-refractivity contribution in [1.82, 2.24) is 9.97 Å². The van der Waals surface area contributed by atoms with E-state index in [4.69, 9.17) is 17.3 Å². The molecule has 72 valence electrons. The molecule has 14 heavy (non-hydrogen) atoms. The van der Waals surface area contributed by atoms with Gasteiger partial charge in [-0.05, 0) is 17.8 Å². The normalized spacial score (nSPS) is 10.4. The molecular weight excluding hydrogens is 238 g/mol. The molecule has 0 unspecified atom stereocenters. The molecule has 0 aromatic carbocycles. The Kier molecular flexibility index (Phi) is 2.90. The average molecular weight is 244 g/mol. The van der Waals surface area contributed by atoms with Crippen LogP contribution in [0.3, 0.4) is 0 Å². The van der Waals surface area contributed by atoms with Gasteiger partial charge in [0, 0.05) is 17.8 Å². The molecule has 2 rings (SSSR count). The lowest BCUT2D eigenvalue weighted by atomic mass is 10.4. The topological polar surface area (TPSA) is 51.8 Å². The quantitative estimate of drug-likeness (QED) is 0.881. The van der Waals surface area contributed by atoms with Gasteiger partial charge in [0.05, 0.1) is 10.7 Å². The molecule has 0 aliphatic heterocycles. The summed E-state index contributed by atoms with van der Waals surface area (Å²) in [6.07, 6.45) is 3.33. The van der Waals surface area contributed by atoms with Crippen molar-refractivity contribution in [2.24, 2.45) is 0 Å². The van der Waals surface area contributed by atoms with Crippen LogP contribution in [-0.4, -0.2) is 9.97 Å². The van der Waals surface area contributed by atoms with E-state index < -0.39 is 0 Å². The van der Waals surface area contributed by atoms with E-state index in [1.165, 1.54) is 11.8 Å². The first-order valence-corrected chi connectivity index (χ1v) is 5.81. The molecule has 0 bridgehead atoms. The molecule has 0 spiro atoms. The molecule has 2 heterocycles. The second-order valence-electron chi connectivity index (χ2n) is 2.45. The van der Waals surface area contributed by atoms with Gasteiger partial charge in [0.2, 0.25) is 0 Å². The summed E-state index contributed by atoms with van der Waals surface area (Å²) in [4.78, 5) is 8.25. The highest BCUT2D eigenvalue weighted by Crippen LogP contribution is 2.32. The number of aromatic nitrogens is 2. The number of hydrogen-bond acceptors (Lipinski definition) is 5. The van der Waals surface area contributed by atoms with Crippen LogP contribution in [0.15, 0.2) is 33.2 Å². The van der Waals surface area contributed by atoms with Crippen LogP contribution < -0.4 is 5.73 Å². The predicted octanol–water partition coefficient (Wildman–Crippen LogP) is 2.92. The minimum atomic E-state index is 0.547. The fourth-order valence-corrected chi connectivity index (χ4v) is 2.55. The highest BCUT2D eigenvalue weighted by atomic mass is 35.5. The molecule has 0 fully saturated rings. The molecule has 0 aliphatic carbocycles. The third kappa shape index (κ3) is 2.17. The summed E-state index contributed by atoms with van der Waals surface area (Å²) in [5.41, 5.74) is 6.33. The fraction of sp³-hybridized carbons (Fsp3) is 0. The van der Waals surface area contributed by atoms with Crippen LogP contribution in [0.2, 0.25) is 5.02 Å². The van der Waals surface area contributed by atoms with E-state index in [0.29, 0.717) is 10.7 Å². The Morgan fingerprint density at radius 3 is 2.93 bits per heavy atom. The number of pyridine rings is 1. The van der Waals surface area contributed by atoms with Gasteiger partial charge in [-0.1, -0.05) is 11.6 Å². The molecule has 0 aliphatic rings. The van der Waals surface area contributed by atoms with Gasteiger partial charge in [0.1, 0.15) is 5.03 Å². The van der Waals surface area contributed by atoms with E-state index in [-0.39, 0.29) is 0 Å². The van der Waals surface area contributed by atoms with Crippen molar-refractivity contribution in [1.29, 1.82) is 0 Å². The third-order valence-electron chi connectivity index (χ3n) is 1.44. The molecule has 0 atom stereocenters. The Bertz CT molecular complexity index is 430. The SMILES string of the molecule is Nc1cc(Cl)cnc1Sc1nccs1. The van der Waals surface area contributed by atoms with Gasteiger partial charge in [-0.25, -0.2) is 9.97 Å². The Morgan fingerprint density at radius 2 is 2.29 bits per heavy atom. The van der Waals surface area contributed by atoms with Crippen molar-refractivity contribution in [2.45, 2.75) is 9.37 Å². The smallest absolute Gasteiger partial charge is 0.156 e. The lowest BCUT2D eigenvalue weighted by molar-refractivity contribution is 1.13. The summed E-state index contributed by atoms with van der Waals surface area (Å²) in [5, 5.41) is 3.20. The number of nitrogen functional groups attached to an aromatic ring is 1. The highest BCUT2D eigenvalue weighted by molar-refractivity contribution is 8.01. The van der Waals surface area contributed by atoms with Crippen LogP contribution in [0.25, 0.3) is 0 Å². The maximum Gasteiger partial charge on any atom is 0.156 e. The number of nitrogens with zero attached hydrogens (tertiary/aromatic N) is 2. The van der Waals surface area contributed by atoms with Gasteiger partial charge in [-0.3, -0.25) is 0 Å². The highest BCUT2D eigenvalue weighted by Gasteiger charge is 2.05. The van der Waals surface area contributed by atoms with Crippen molar-refractivity contribution in [3.8, 4) is 0 Å². The largest absolute Gasteiger partial charge is 0.396 e. The van der Waals surface area contributed by atoms with E-state index in [1.54, 1.807) is 29.8 Å². The van der Waals surface area contributed by atoms with E-state index in [0.717, 1.165) is 9.37 Å². The Labute approximate surface area is 94.3 Å². The maximum atomic E-state index is 5.75. The molecule has 2 aromatic heterocycles. The number of rotatable bonds is 2. The Balaban J connectivity index is 2.25. The summed E-state index contributed by atoms with van der Waals surface area (Å²) in [5.74, 6) is 0. The molecule has 6 heteroatoms. The van der Waals surface area contributed by atoms with Crippen molar-refractivity contribution in [3.05, 3.63) is 28.9 Å². The zero-order chi connectivity index (χ0) is 9.97. The van der Waals surface area contributed by atoms with Crippen molar-refractivity contribution in [3.63, 3.8) is 0 Å². The first-order chi connectivity index (χ1) is 6.75. The molecular formula is C8H6ClN3S2. The zero-order valence-electron chi connectivity index (χ0n) is 6.98. The number of anilines is 1. The lowest BCUT2D eigenvalue weighted by Crippen LogP contribution is -1.90. The number of thiazole rings is 1. The first kappa shape index (κ1) is 9.76. The monoisotopic (exact) mass is 243 g/mol. The van der Waals surface area contributed by atoms with E-state index in [9.17, 15) is 0 Å². The van der Waals surface area contributed by atoms with Crippen LogP contribution >= 0.6 is 34.7 Å². The van der Waals surface area contributed by atoms with Crippen molar-refractivity contribution in [2.75, 3.05) is 5.73 Å². The standard InChI is InChI=1S/C8H6ClN3S2/c9-5-3-6(10)7(12-4-5)14-8-11-1-2-13-8/h1-4H,10H2. The minimum absolute atomic E-state index is 0.547. The number of hydrogen-bond donors (Lipinski definition) is 1. The predicted molar refractivity (Wildman–Crippen MR) is 59.9 cm³/mol. The summed E-state index contributed by atoms with van der Waals surface area (Å²) in [6, 6.07) is 1.69. The number of nitrogens with two attached hydrogens (primary N) is 1. The van der Waals surface area contributed by atoms with E-state index in [1.807, 2.05) is 5.38 Å². The minimum Gasteiger partial charge on any atom is -0.396 e. The molecule has 2 N–H and O–H groups in total. The molecule has 0 amide bonds. The van der Waals surface area contributed by atoms with Crippen LogP contribution in [0.1, 0.15) is 0 Å². The molecule has 0 saturated carbocycles. The second kappa shape index (κ2) is 4.16. The van der Waals surface area contributed by atoms with Gasteiger partial charge >= 0.3 is 0 Å².